The Morgan fingerprint density at radius 2 is 2.16 bits per heavy atom. The van der Waals surface area contributed by atoms with Crippen LogP contribution in [0.1, 0.15) is 10.4 Å². The molecule has 0 bridgehead atoms. The molecule has 1 N–H and O–H groups in total. The lowest BCUT2D eigenvalue weighted by Crippen LogP contribution is -2.01. The van der Waals surface area contributed by atoms with Crippen molar-refractivity contribution in [3.8, 4) is 5.69 Å². The Morgan fingerprint density at radius 3 is 2.95 bits per heavy atom. The highest BCUT2D eigenvalue weighted by Crippen LogP contribution is 2.21. The maximum absolute atomic E-state index is 11.0. The van der Waals surface area contributed by atoms with E-state index in [9.17, 15) is 4.79 Å². The van der Waals surface area contributed by atoms with E-state index in [4.69, 9.17) is 16.7 Å². The van der Waals surface area contributed by atoms with E-state index >= 15 is 0 Å². The number of carboxylic acids is 1. The number of nitrogens with zero attached hydrogens (tertiary/aromatic N) is 4. The molecule has 0 amide bonds. The average molecular weight is 275 g/mol. The van der Waals surface area contributed by atoms with Crippen LogP contribution in [0.4, 0.5) is 0 Å². The number of fused-ring (bicyclic) bond motifs is 1. The quantitative estimate of drug-likeness (QED) is 0.724. The van der Waals surface area contributed by atoms with E-state index in [1.807, 2.05) is 0 Å². The summed E-state index contributed by atoms with van der Waals surface area (Å²) in [7, 11) is 0. The van der Waals surface area contributed by atoms with Gasteiger partial charge in [-0.1, -0.05) is 17.7 Å². The zero-order chi connectivity index (χ0) is 13.4. The molecule has 1 aromatic carbocycles. The first-order chi connectivity index (χ1) is 9.16. The lowest BCUT2D eigenvalue weighted by atomic mass is 10.2. The smallest absolute Gasteiger partial charge is 0.335 e. The van der Waals surface area contributed by atoms with Crippen LogP contribution in [0.25, 0.3) is 16.7 Å². The molecule has 6 nitrogen and oxygen atoms in total. The van der Waals surface area contributed by atoms with Crippen LogP contribution >= 0.6 is 11.6 Å². The molecule has 7 heteroatoms. The highest BCUT2D eigenvalue weighted by molar-refractivity contribution is 6.33. The molecule has 0 saturated heterocycles. The third-order valence-electron chi connectivity index (χ3n) is 2.65. The molecule has 0 saturated carbocycles. The van der Waals surface area contributed by atoms with Crippen molar-refractivity contribution in [1.82, 2.24) is 19.7 Å². The predicted molar refractivity (Wildman–Crippen MR) is 68.6 cm³/mol. The van der Waals surface area contributed by atoms with E-state index in [0.717, 1.165) is 0 Å². The minimum Gasteiger partial charge on any atom is -0.478 e. The van der Waals surface area contributed by atoms with Gasteiger partial charge in [-0.2, -0.15) is 5.10 Å². The van der Waals surface area contributed by atoms with Gasteiger partial charge in [0, 0.05) is 0 Å². The molecule has 0 aliphatic heterocycles. The Morgan fingerprint density at radius 1 is 1.32 bits per heavy atom. The van der Waals surface area contributed by atoms with Gasteiger partial charge in [0.05, 0.1) is 22.8 Å². The van der Waals surface area contributed by atoms with Crippen LogP contribution in [0.15, 0.2) is 36.8 Å². The Bertz CT molecular complexity index is 784. The van der Waals surface area contributed by atoms with Crippen LogP contribution in [0.2, 0.25) is 5.15 Å². The molecule has 2 heterocycles. The summed E-state index contributed by atoms with van der Waals surface area (Å²) in [5.74, 6) is -0.994. The van der Waals surface area contributed by atoms with Gasteiger partial charge < -0.3 is 5.11 Å². The Hall–Kier alpha value is -2.47. The standard InChI is InChI=1S/C12H7ClN4O2/c13-10-9-5-16-17(11(9)15-6-14-10)8-3-1-2-7(4-8)12(18)19/h1-6H,(H,18,19). The van der Waals surface area contributed by atoms with Crippen LogP contribution in [-0.2, 0) is 0 Å². The van der Waals surface area contributed by atoms with Gasteiger partial charge in [-0.15, -0.1) is 0 Å². The number of hydrogen-bond donors (Lipinski definition) is 1. The fraction of sp³-hybridized carbons (Fsp3) is 0. The largest absolute Gasteiger partial charge is 0.478 e. The van der Waals surface area contributed by atoms with Gasteiger partial charge in [0.2, 0.25) is 0 Å². The van der Waals surface area contributed by atoms with Crippen LogP contribution < -0.4 is 0 Å². The molecule has 0 fully saturated rings. The molecule has 0 aliphatic rings. The monoisotopic (exact) mass is 274 g/mol. The van der Waals surface area contributed by atoms with Crippen molar-refractivity contribution in [2.45, 2.75) is 0 Å². The second-order valence-electron chi connectivity index (χ2n) is 3.81. The van der Waals surface area contributed by atoms with E-state index in [0.29, 0.717) is 21.9 Å². The summed E-state index contributed by atoms with van der Waals surface area (Å²) in [5.41, 5.74) is 1.31. The topological polar surface area (TPSA) is 80.9 Å². The van der Waals surface area contributed by atoms with Gasteiger partial charge in [0.25, 0.3) is 0 Å². The number of rotatable bonds is 2. The van der Waals surface area contributed by atoms with Gasteiger partial charge in [-0.3, -0.25) is 0 Å². The van der Waals surface area contributed by atoms with Gasteiger partial charge in [-0.05, 0) is 18.2 Å². The number of carboxylic acid groups (broad SMARTS) is 1. The summed E-state index contributed by atoms with van der Waals surface area (Å²) in [6.07, 6.45) is 2.88. The number of hydrogen-bond acceptors (Lipinski definition) is 4. The Kier molecular flexibility index (Phi) is 2.64. The first kappa shape index (κ1) is 11.6. The minimum atomic E-state index is -0.994. The molecule has 2 aromatic heterocycles. The third kappa shape index (κ3) is 1.92. The summed E-state index contributed by atoms with van der Waals surface area (Å²) in [5, 5.41) is 14.1. The number of halogens is 1. The molecule has 0 atom stereocenters. The summed E-state index contributed by atoms with van der Waals surface area (Å²) >= 11 is 5.94. The normalized spacial score (nSPS) is 10.8. The van der Waals surface area contributed by atoms with E-state index < -0.39 is 5.97 Å². The van der Waals surface area contributed by atoms with E-state index in [2.05, 4.69) is 15.1 Å². The van der Waals surface area contributed by atoms with Crippen molar-refractivity contribution < 1.29 is 9.90 Å². The highest BCUT2D eigenvalue weighted by atomic mass is 35.5. The molecule has 3 rings (SSSR count). The van der Waals surface area contributed by atoms with Crippen molar-refractivity contribution in [3.05, 3.63) is 47.5 Å². The number of aromatic nitrogens is 4. The average Bonchev–Trinajstić information content (AvgIpc) is 2.84. The summed E-state index contributed by atoms with van der Waals surface area (Å²) in [6.45, 7) is 0. The van der Waals surface area contributed by atoms with Gasteiger partial charge in [0.15, 0.2) is 5.65 Å². The molecule has 94 valence electrons. The molecular formula is C12H7ClN4O2. The Labute approximate surface area is 112 Å². The second kappa shape index (κ2) is 4.33. The van der Waals surface area contributed by atoms with Crippen LogP contribution in [0.5, 0.6) is 0 Å². The van der Waals surface area contributed by atoms with Gasteiger partial charge in [-0.25, -0.2) is 19.4 Å². The highest BCUT2D eigenvalue weighted by Gasteiger charge is 2.11. The maximum Gasteiger partial charge on any atom is 0.335 e. The van der Waals surface area contributed by atoms with Crippen molar-refractivity contribution in [2.75, 3.05) is 0 Å². The lowest BCUT2D eigenvalue weighted by Gasteiger charge is -2.03. The van der Waals surface area contributed by atoms with Crippen molar-refractivity contribution in [1.29, 1.82) is 0 Å². The minimum absolute atomic E-state index is 0.182. The Balaban J connectivity index is 2.22. The van der Waals surface area contributed by atoms with E-state index in [1.54, 1.807) is 18.3 Å². The predicted octanol–water partition coefficient (Wildman–Crippen LogP) is 2.17. The molecule has 0 radical (unpaired) electrons. The lowest BCUT2D eigenvalue weighted by molar-refractivity contribution is 0.0697. The van der Waals surface area contributed by atoms with E-state index in [-0.39, 0.29) is 5.56 Å². The third-order valence-corrected chi connectivity index (χ3v) is 2.96. The number of benzene rings is 1. The molecular weight excluding hydrogens is 268 g/mol. The number of aromatic carboxylic acids is 1. The fourth-order valence-electron chi connectivity index (χ4n) is 1.78. The van der Waals surface area contributed by atoms with Crippen molar-refractivity contribution >= 4 is 28.6 Å². The number of carbonyl (C=O) groups is 1. The first-order valence-corrected chi connectivity index (χ1v) is 5.72. The maximum atomic E-state index is 11.0. The molecule has 3 aromatic rings. The van der Waals surface area contributed by atoms with Gasteiger partial charge >= 0.3 is 5.97 Å². The van der Waals surface area contributed by atoms with Crippen LogP contribution in [0.3, 0.4) is 0 Å². The first-order valence-electron chi connectivity index (χ1n) is 5.35. The van der Waals surface area contributed by atoms with Gasteiger partial charge in [0.1, 0.15) is 11.5 Å². The summed E-state index contributed by atoms with van der Waals surface area (Å²) < 4.78 is 1.52. The molecule has 0 aliphatic carbocycles. The second-order valence-corrected chi connectivity index (χ2v) is 4.17. The van der Waals surface area contributed by atoms with E-state index in [1.165, 1.54) is 23.1 Å². The van der Waals surface area contributed by atoms with Crippen molar-refractivity contribution in [2.24, 2.45) is 0 Å². The molecule has 0 unspecified atom stereocenters. The molecule has 0 spiro atoms. The summed E-state index contributed by atoms with van der Waals surface area (Å²) in [6, 6.07) is 6.42. The summed E-state index contributed by atoms with van der Waals surface area (Å²) in [4.78, 5) is 18.9. The zero-order valence-electron chi connectivity index (χ0n) is 9.49. The molecule has 19 heavy (non-hydrogen) atoms. The SMILES string of the molecule is O=C(O)c1cccc(-n2ncc3c(Cl)ncnc32)c1. The fourth-order valence-corrected chi connectivity index (χ4v) is 1.95. The van der Waals surface area contributed by atoms with Crippen LogP contribution in [-0.4, -0.2) is 30.8 Å². The van der Waals surface area contributed by atoms with Crippen LogP contribution in [0, 0.1) is 0 Å². The zero-order valence-corrected chi connectivity index (χ0v) is 10.2. The van der Waals surface area contributed by atoms with Crippen molar-refractivity contribution in [3.63, 3.8) is 0 Å².